The summed E-state index contributed by atoms with van der Waals surface area (Å²) in [5.41, 5.74) is 3.80. The third kappa shape index (κ3) is 4.08. The summed E-state index contributed by atoms with van der Waals surface area (Å²) in [7, 11) is 0. The van der Waals surface area contributed by atoms with Gasteiger partial charge in [-0.2, -0.15) is 0 Å². The molecule has 144 valence electrons. The highest BCUT2D eigenvalue weighted by Gasteiger charge is 2.28. The Morgan fingerprint density at radius 2 is 1.93 bits per heavy atom. The molecule has 1 aromatic carbocycles. The molecule has 1 unspecified atom stereocenters. The van der Waals surface area contributed by atoms with E-state index in [4.69, 9.17) is 4.74 Å². The van der Waals surface area contributed by atoms with Crippen molar-refractivity contribution in [2.24, 2.45) is 5.92 Å². The van der Waals surface area contributed by atoms with Crippen LogP contribution in [0.25, 0.3) is 11.3 Å². The number of aromatic amines is 1. The van der Waals surface area contributed by atoms with Gasteiger partial charge in [0, 0.05) is 36.5 Å². The molecule has 5 heteroatoms. The number of aromatic nitrogens is 2. The summed E-state index contributed by atoms with van der Waals surface area (Å²) >= 11 is 0. The molecule has 2 heterocycles. The van der Waals surface area contributed by atoms with Crippen LogP contribution < -0.4 is 0 Å². The molecule has 2 fully saturated rings. The molecule has 4 rings (SSSR count). The normalized spacial score (nSPS) is 19.9. The number of hydrogen-bond donors (Lipinski definition) is 1. The lowest BCUT2D eigenvalue weighted by Gasteiger charge is -2.33. The molecule has 0 radical (unpaired) electrons. The van der Waals surface area contributed by atoms with Gasteiger partial charge < -0.3 is 14.6 Å². The van der Waals surface area contributed by atoms with Crippen molar-refractivity contribution in [3.8, 4) is 11.3 Å². The minimum atomic E-state index is 0.124. The Labute approximate surface area is 161 Å². The largest absolute Gasteiger partial charge is 0.376 e. The van der Waals surface area contributed by atoms with E-state index in [9.17, 15) is 4.79 Å². The predicted octanol–water partition coefficient (Wildman–Crippen LogP) is 4.11. The van der Waals surface area contributed by atoms with Gasteiger partial charge in [0.05, 0.1) is 11.8 Å². The molecule has 2 aliphatic rings. The maximum Gasteiger partial charge on any atom is 0.253 e. The number of ether oxygens (including phenoxy) is 1. The predicted molar refractivity (Wildman–Crippen MR) is 106 cm³/mol. The molecule has 5 nitrogen and oxygen atoms in total. The van der Waals surface area contributed by atoms with E-state index in [2.05, 4.69) is 9.97 Å². The lowest BCUT2D eigenvalue weighted by atomic mass is 9.85. The first-order valence-electron chi connectivity index (χ1n) is 10.1. The fourth-order valence-corrected chi connectivity index (χ4v) is 4.11. The number of nitrogens with one attached hydrogen (secondary N) is 1. The monoisotopic (exact) mass is 367 g/mol. The van der Waals surface area contributed by atoms with E-state index < -0.39 is 0 Å². The minimum absolute atomic E-state index is 0.124. The highest BCUT2D eigenvalue weighted by Crippen LogP contribution is 2.29. The Bertz CT molecular complexity index is 786. The molecule has 2 aromatic rings. The quantitative estimate of drug-likeness (QED) is 0.836. The Hall–Kier alpha value is -2.14. The summed E-state index contributed by atoms with van der Waals surface area (Å²) in [5, 5.41) is 0. The van der Waals surface area contributed by atoms with E-state index >= 15 is 0 Å². The fraction of sp³-hybridized carbons (Fsp3) is 0.545. The Kier molecular flexibility index (Phi) is 5.30. The van der Waals surface area contributed by atoms with E-state index in [1.54, 1.807) is 0 Å². The minimum Gasteiger partial charge on any atom is -0.376 e. The molecule has 0 spiro atoms. The highest BCUT2D eigenvalue weighted by atomic mass is 16.5. The van der Waals surface area contributed by atoms with Crippen LogP contribution in [0.1, 0.15) is 54.0 Å². The lowest BCUT2D eigenvalue weighted by Crippen LogP contribution is -2.41. The molecule has 1 amide bonds. The van der Waals surface area contributed by atoms with Crippen molar-refractivity contribution in [1.82, 2.24) is 14.9 Å². The van der Waals surface area contributed by atoms with Crippen LogP contribution in [-0.4, -0.2) is 46.6 Å². The van der Waals surface area contributed by atoms with Crippen LogP contribution in [0.5, 0.6) is 0 Å². The average Bonchev–Trinajstić information content (AvgIpc) is 3.25. The average molecular weight is 367 g/mol. The topological polar surface area (TPSA) is 58.2 Å². The van der Waals surface area contributed by atoms with Gasteiger partial charge in [-0.15, -0.1) is 0 Å². The van der Waals surface area contributed by atoms with E-state index in [1.165, 1.54) is 19.3 Å². The number of H-pyrrole nitrogens is 1. The number of carbonyl (C=O) groups excluding carboxylic acids is 1. The number of nitrogens with zero attached hydrogens (tertiary/aromatic N) is 2. The van der Waals surface area contributed by atoms with Gasteiger partial charge >= 0.3 is 0 Å². The van der Waals surface area contributed by atoms with Crippen LogP contribution in [0.4, 0.5) is 0 Å². The third-order valence-electron chi connectivity index (χ3n) is 5.85. The maximum absolute atomic E-state index is 13.2. The Morgan fingerprint density at radius 1 is 1.15 bits per heavy atom. The van der Waals surface area contributed by atoms with Crippen molar-refractivity contribution in [3.05, 3.63) is 41.3 Å². The van der Waals surface area contributed by atoms with Crippen molar-refractivity contribution >= 4 is 5.91 Å². The number of rotatable bonds is 6. The van der Waals surface area contributed by atoms with Gasteiger partial charge in [-0.3, -0.25) is 4.79 Å². The van der Waals surface area contributed by atoms with Crippen LogP contribution in [0.3, 0.4) is 0 Å². The number of benzene rings is 1. The third-order valence-corrected chi connectivity index (χ3v) is 5.85. The summed E-state index contributed by atoms with van der Waals surface area (Å²) in [6, 6.07) is 7.88. The molecule has 1 N–H and O–H groups in total. The van der Waals surface area contributed by atoms with Crippen LogP contribution in [0.15, 0.2) is 24.3 Å². The van der Waals surface area contributed by atoms with Gasteiger partial charge in [-0.25, -0.2) is 4.98 Å². The molecule has 27 heavy (non-hydrogen) atoms. The fourth-order valence-electron chi connectivity index (χ4n) is 4.11. The first-order valence-corrected chi connectivity index (χ1v) is 10.1. The summed E-state index contributed by atoms with van der Waals surface area (Å²) in [6.07, 6.45) is 6.14. The zero-order valence-electron chi connectivity index (χ0n) is 16.3. The van der Waals surface area contributed by atoms with Crippen molar-refractivity contribution in [1.29, 1.82) is 0 Å². The highest BCUT2D eigenvalue weighted by molar-refractivity contribution is 5.94. The molecule has 1 saturated carbocycles. The molecule has 1 saturated heterocycles. The van der Waals surface area contributed by atoms with Crippen LogP contribution in [0, 0.1) is 19.8 Å². The maximum atomic E-state index is 13.2. The number of imidazole rings is 1. The standard InChI is InChI=1S/C22H29N3O2/c1-15-21(24-16(2)23-15)18-8-10-19(11-9-18)22(26)25(13-17-5-3-6-17)14-20-7-4-12-27-20/h8-11,17,20H,3-7,12-14H2,1-2H3,(H,23,24). The first kappa shape index (κ1) is 18.2. The van der Waals surface area contributed by atoms with Crippen LogP contribution in [0.2, 0.25) is 0 Å². The van der Waals surface area contributed by atoms with Crippen molar-refractivity contribution in [2.75, 3.05) is 19.7 Å². The first-order chi connectivity index (χ1) is 13.1. The van der Waals surface area contributed by atoms with Crippen molar-refractivity contribution in [3.63, 3.8) is 0 Å². The van der Waals surface area contributed by atoms with Gasteiger partial charge in [0.2, 0.25) is 0 Å². The van der Waals surface area contributed by atoms with E-state index in [-0.39, 0.29) is 12.0 Å². The second kappa shape index (κ2) is 7.85. The molecule has 1 aliphatic heterocycles. The molecular weight excluding hydrogens is 338 g/mol. The number of amides is 1. The second-order valence-corrected chi connectivity index (χ2v) is 8.02. The van der Waals surface area contributed by atoms with Gasteiger partial charge in [0.1, 0.15) is 5.82 Å². The molecule has 1 aromatic heterocycles. The van der Waals surface area contributed by atoms with Crippen LogP contribution >= 0.6 is 0 Å². The Morgan fingerprint density at radius 3 is 2.48 bits per heavy atom. The molecular formula is C22H29N3O2. The van der Waals surface area contributed by atoms with Gasteiger partial charge in [-0.05, 0) is 57.6 Å². The molecule has 1 aliphatic carbocycles. The Balaban J connectivity index is 1.50. The molecule has 1 atom stereocenters. The van der Waals surface area contributed by atoms with E-state index in [1.807, 2.05) is 43.0 Å². The smallest absolute Gasteiger partial charge is 0.253 e. The van der Waals surface area contributed by atoms with Gasteiger partial charge in [0.15, 0.2) is 0 Å². The van der Waals surface area contributed by atoms with E-state index in [0.717, 1.165) is 60.9 Å². The SMILES string of the molecule is Cc1nc(-c2ccc(C(=O)N(CC3CCC3)CC3CCCO3)cc2)c(C)[nH]1. The summed E-state index contributed by atoms with van der Waals surface area (Å²) in [6.45, 7) is 6.38. The zero-order chi connectivity index (χ0) is 18.8. The van der Waals surface area contributed by atoms with Crippen LogP contribution in [-0.2, 0) is 4.74 Å². The van der Waals surface area contributed by atoms with Gasteiger partial charge in [0.25, 0.3) is 5.91 Å². The number of carbonyl (C=O) groups is 1. The number of hydrogen-bond acceptors (Lipinski definition) is 3. The summed E-state index contributed by atoms with van der Waals surface area (Å²) in [4.78, 5) is 23.0. The zero-order valence-corrected chi connectivity index (χ0v) is 16.3. The molecule has 0 bridgehead atoms. The van der Waals surface area contributed by atoms with Gasteiger partial charge in [-0.1, -0.05) is 18.6 Å². The summed E-state index contributed by atoms with van der Waals surface area (Å²) < 4.78 is 5.79. The number of aryl methyl sites for hydroxylation is 2. The second-order valence-electron chi connectivity index (χ2n) is 8.02. The summed E-state index contributed by atoms with van der Waals surface area (Å²) in [5.74, 6) is 1.69. The van der Waals surface area contributed by atoms with Crippen molar-refractivity contribution < 1.29 is 9.53 Å². The van der Waals surface area contributed by atoms with Crippen molar-refractivity contribution in [2.45, 2.75) is 52.1 Å². The lowest BCUT2D eigenvalue weighted by molar-refractivity contribution is 0.0448. The van der Waals surface area contributed by atoms with E-state index in [0.29, 0.717) is 5.92 Å².